The number of benzene rings is 1. The second-order valence-electron chi connectivity index (χ2n) is 5.94. The molecule has 0 fully saturated rings. The third-order valence-electron chi connectivity index (χ3n) is 3.94. The molecule has 0 saturated carbocycles. The molecule has 7 nitrogen and oxygen atoms in total. The first kappa shape index (κ1) is 19.8. The normalized spacial score (nSPS) is 12.5. The summed E-state index contributed by atoms with van der Waals surface area (Å²) in [5, 5.41) is 0. The summed E-state index contributed by atoms with van der Waals surface area (Å²) >= 11 is 0. The highest BCUT2D eigenvalue weighted by atomic mass is 32.2. The molecule has 2 aromatic rings. The zero-order chi connectivity index (χ0) is 19.3. The molecule has 1 atom stereocenters. The Labute approximate surface area is 153 Å². The van der Waals surface area contributed by atoms with Crippen molar-refractivity contribution in [3.8, 4) is 11.5 Å². The molecular weight excluding hydrogens is 358 g/mol. The third-order valence-corrected chi connectivity index (χ3v) is 4.42. The molecule has 0 N–H and O–H groups in total. The van der Waals surface area contributed by atoms with Crippen LogP contribution in [0.4, 0.5) is 0 Å². The van der Waals surface area contributed by atoms with Crippen molar-refractivity contribution in [1.29, 1.82) is 0 Å². The third kappa shape index (κ3) is 5.01. The van der Waals surface area contributed by atoms with Crippen molar-refractivity contribution in [3.63, 3.8) is 0 Å². The van der Waals surface area contributed by atoms with Gasteiger partial charge in [-0.2, -0.15) is 8.42 Å². The highest BCUT2D eigenvalue weighted by Gasteiger charge is 2.23. The monoisotopic (exact) mass is 381 g/mol. The number of carbonyl (C=O) groups is 1. The van der Waals surface area contributed by atoms with E-state index >= 15 is 0 Å². The predicted molar refractivity (Wildman–Crippen MR) is 96.8 cm³/mol. The molecule has 0 spiro atoms. The summed E-state index contributed by atoms with van der Waals surface area (Å²) in [5.74, 6) is 0.408. The molecular formula is C18H23NO6S. The van der Waals surface area contributed by atoms with Gasteiger partial charge in [0.2, 0.25) is 0 Å². The molecule has 1 amide bonds. The van der Waals surface area contributed by atoms with Crippen LogP contribution in [0.2, 0.25) is 0 Å². The van der Waals surface area contributed by atoms with Crippen molar-refractivity contribution in [2.45, 2.75) is 32.9 Å². The van der Waals surface area contributed by atoms with Crippen LogP contribution >= 0.6 is 0 Å². The van der Waals surface area contributed by atoms with Crippen LogP contribution in [0.15, 0.2) is 41.0 Å². The number of rotatable bonds is 8. The second-order valence-corrected chi connectivity index (χ2v) is 7.52. The van der Waals surface area contributed by atoms with E-state index in [1.165, 1.54) is 13.4 Å². The Kier molecular flexibility index (Phi) is 6.31. The molecule has 142 valence electrons. The lowest BCUT2D eigenvalue weighted by Crippen LogP contribution is -2.37. The molecule has 2 rings (SSSR count). The van der Waals surface area contributed by atoms with E-state index in [-0.39, 0.29) is 30.0 Å². The quantitative estimate of drug-likeness (QED) is 0.653. The molecule has 0 aliphatic carbocycles. The van der Waals surface area contributed by atoms with Crippen LogP contribution < -0.4 is 8.92 Å². The molecule has 0 saturated heterocycles. The van der Waals surface area contributed by atoms with Crippen LogP contribution in [0.3, 0.4) is 0 Å². The summed E-state index contributed by atoms with van der Waals surface area (Å²) in [6.45, 7) is 4.20. The van der Waals surface area contributed by atoms with Gasteiger partial charge in [-0.1, -0.05) is 13.0 Å². The van der Waals surface area contributed by atoms with E-state index in [1.54, 1.807) is 35.2 Å². The van der Waals surface area contributed by atoms with E-state index in [1.807, 2.05) is 13.8 Å². The van der Waals surface area contributed by atoms with Crippen LogP contribution in [-0.2, 0) is 16.7 Å². The van der Waals surface area contributed by atoms with E-state index in [4.69, 9.17) is 13.3 Å². The van der Waals surface area contributed by atoms with Gasteiger partial charge in [0, 0.05) is 12.6 Å². The van der Waals surface area contributed by atoms with Gasteiger partial charge in [0.1, 0.15) is 0 Å². The Balaban J connectivity index is 2.33. The summed E-state index contributed by atoms with van der Waals surface area (Å²) < 4.78 is 38.3. The fourth-order valence-electron chi connectivity index (χ4n) is 2.43. The Hall–Kier alpha value is -2.48. The van der Waals surface area contributed by atoms with Gasteiger partial charge in [0.05, 0.1) is 19.6 Å². The zero-order valence-corrected chi connectivity index (χ0v) is 16.1. The average Bonchev–Trinajstić information content (AvgIpc) is 3.12. The highest BCUT2D eigenvalue weighted by molar-refractivity contribution is 7.86. The van der Waals surface area contributed by atoms with Crippen molar-refractivity contribution >= 4 is 16.0 Å². The van der Waals surface area contributed by atoms with Crippen LogP contribution in [0.25, 0.3) is 0 Å². The van der Waals surface area contributed by atoms with Crippen LogP contribution in [-0.4, -0.2) is 38.6 Å². The topological polar surface area (TPSA) is 86.0 Å². The lowest BCUT2D eigenvalue weighted by molar-refractivity contribution is 0.0638. The van der Waals surface area contributed by atoms with Gasteiger partial charge in [-0.3, -0.25) is 4.79 Å². The lowest BCUT2D eigenvalue weighted by atomic mass is 10.1. The Morgan fingerprint density at radius 3 is 2.54 bits per heavy atom. The van der Waals surface area contributed by atoms with E-state index in [9.17, 15) is 13.2 Å². The summed E-state index contributed by atoms with van der Waals surface area (Å²) in [4.78, 5) is 14.4. The first-order valence-corrected chi connectivity index (χ1v) is 9.97. The summed E-state index contributed by atoms with van der Waals surface area (Å²) in [5.41, 5.74) is 0.713. The minimum Gasteiger partial charge on any atom is -0.493 e. The maximum absolute atomic E-state index is 12.7. The van der Waals surface area contributed by atoms with Crippen molar-refractivity contribution in [2.75, 3.05) is 13.4 Å². The minimum atomic E-state index is -3.70. The highest BCUT2D eigenvalue weighted by Crippen LogP contribution is 2.30. The van der Waals surface area contributed by atoms with Crippen LogP contribution in [0, 0.1) is 0 Å². The number of nitrogens with zero attached hydrogens (tertiary/aromatic N) is 1. The zero-order valence-electron chi connectivity index (χ0n) is 15.3. The summed E-state index contributed by atoms with van der Waals surface area (Å²) in [6, 6.07) is 8.18. The molecule has 0 aliphatic rings. The van der Waals surface area contributed by atoms with E-state index in [0.29, 0.717) is 11.3 Å². The Morgan fingerprint density at radius 1 is 1.27 bits per heavy atom. The van der Waals surface area contributed by atoms with Crippen LogP contribution in [0.1, 0.15) is 36.4 Å². The van der Waals surface area contributed by atoms with Gasteiger partial charge in [0.15, 0.2) is 17.3 Å². The van der Waals surface area contributed by atoms with Crippen molar-refractivity contribution in [3.05, 3.63) is 47.9 Å². The largest absolute Gasteiger partial charge is 0.493 e. The number of ether oxygens (including phenoxy) is 1. The molecule has 1 aromatic heterocycles. The number of carbonyl (C=O) groups excluding carboxylic acids is 1. The number of furan rings is 1. The maximum Gasteiger partial charge on any atom is 0.306 e. The van der Waals surface area contributed by atoms with E-state index in [0.717, 1.165) is 12.7 Å². The lowest BCUT2D eigenvalue weighted by Gasteiger charge is -2.28. The molecule has 1 heterocycles. The summed E-state index contributed by atoms with van der Waals surface area (Å²) in [6.07, 6.45) is 3.17. The first-order valence-electron chi connectivity index (χ1n) is 8.16. The van der Waals surface area contributed by atoms with E-state index in [2.05, 4.69) is 0 Å². The van der Waals surface area contributed by atoms with E-state index < -0.39 is 10.1 Å². The van der Waals surface area contributed by atoms with Gasteiger partial charge in [-0.25, -0.2) is 0 Å². The van der Waals surface area contributed by atoms with Crippen molar-refractivity contribution < 1.29 is 26.5 Å². The van der Waals surface area contributed by atoms with Crippen LogP contribution in [0.5, 0.6) is 11.5 Å². The van der Waals surface area contributed by atoms with Crippen molar-refractivity contribution in [1.82, 2.24) is 4.90 Å². The number of hydrogen-bond acceptors (Lipinski definition) is 6. The van der Waals surface area contributed by atoms with Gasteiger partial charge >= 0.3 is 10.1 Å². The maximum atomic E-state index is 12.7. The molecule has 0 radical (unpaired) electrons. The standard InChI is InChI=1S/C18H23NO6S/c1-5-13(2)19(18(20)16-7-6-10-24-16)12-14-8-9-15(23-3)17(11-14)25-26(4,21)22/h6-11,13H,5,12H2,1-4H3. The smallest absolute Gasteiger partial charge is 0.306 e. The van der Waals surface area contributed by atoms with Gasteiger partial charge in [-0.05, 0) is 43.2 Å². The van der Waals surface area contributed by atoms with Gasteiger partial charge < -0.3 is 18.2 Å². The first-order chi connectivity index (χ1) is 12.2. The average molecular weight is 381 g/mol. The fraction of sp³-hybridized carbons (Fsp3) is 0.389. The van der Waals surface area contributed by atoms with Gasteiger partial charge in [0.25, 0.3) is 5.91 Å². The van der Waals surface area contributed by atoms with Gasteiger partial charge in [-0.15, -0.1) is 0 Å². The Bertz CT molecular complexity index is 845. The molecule has 26 heavy (non-hydrogen) atoms. The number of methoxy groups -OCH3 is 1. The molecule has 1 aromatic carbocycles. The molecule has 0 bridgehead atoms. The number of hydrogen-bond donors (Lipinski definition) is 0. The minimum absolute atomic E-state index is 0.0334. The van der Waals surface area contributed by atoms with Crippen molar-refractivity contribution in [2.24, 2.45) is 0 Å². The molecule has 8 heteroatoms. The Morgan fingerprint density at radius 2 is 2.00 bits per heavy atom. The predicted octanol–water partition coefficient (Wildman–Crippen LogP) is 3.07. The number of amides is 1. The SMILES string of the molecule is CCC(C)N(Cc1ccc(OC)c(OS(C)(=O)=O)c1)C(=O)c1ccco1. The second kappa shape index (κ2) is 8.27. The summed E-state index contributed by atoms with van der Waals surface area (Å²) in [7, 11) is -2.28. The molecule has 0 aliphatic heterocycles. The molecule has 1 unspecified atom stereocenters. The fourth-order valence-corrected chi connectivity index (χ4v) is 2.89.